The van der Waals surface area contributed by atoms with Gasteiger partial charge in [-0.25, -0.2) is 0 Å². The maximum absolute atomic E-state index is 5.28. The Hall–Kier alpha value is -2.59. The number of rotatable bonds is 6. The van der Waals surface area contributed by atoms with Crippen LogP contribution < -0.4 is 10.1 Å². The van der Waals surface area contributed by atoms with Crippen molar-refractivity contribution in [3.05, 3.63) is 82.2 Å². The lowest BCUT2D eigenvalue weighted by atomic mass is 9.97. The zero-order chi connectivity index (χ0) is 17.8. The van der Waals surface area contributed by atoms with Crippen LogP contribution in [0.15, 0.2) is 53.1 Å². The monoisotopic (exact) mass is 336 g/mol. The van der Waals surface area contributed by atoms with Crippen molar-refractivity contribution >= 4 is 0 Å². The fourth-order valence-corrected chi connectivity index (χ4v) is 2.94. The molecule has 0 fully saturated rings. The molecule has 1 atom stereocenters. The van der Waals surface area contributed by atoms with Gasteiger partial charge < -0.3 is 14.6 Å². The molecule has 4 nitrogen and oxygen atoms in total. The van der Waals surface area contributed by atoms with Crippen LogP contribution in [0.2, 0.25) is 0 Å². The molecule has 0 bridgehead atoms. The van der Waals surface area contributed by atoms with Gasteiger partial charge in [-0.1, -0.05) is 47.1 Å². The molecule has 0 unspecified atom stereocenters. The van der Waals surface area contributed by atoms with Gasteiger partial charge in [-0.2, -0.15) is 0 Å². The number of nitrogens with zero attached hydrogens (tertiary/aromatic N) is 1. The Morgan fingerprint density at radius 1 is 0.960 bits per heavy atom. The Morgan fingerprint density at radius 2 is 1.56 bits per heavy atom. The Balaban J connectivity index is 1.89. The van der Waals surface area contributed by atoms with Crippen molar-refractivity contribution in [1.29, 1.82) is 0 Å². The van der Waals surface area contributed by atoms with Gasteiger partial charge in [-0.3, -0.25) is 0 Å². The molecule has 1 N–H and O–H groups in total. The summed E-state index contributed by atoms with van der Waals surface area (Å²) in [6.07, 6.45) is 0. The van der Waals surface area contributed by atoms with Crippen LogP contribution in [0.3, 0.4) is 0 Å². The van der Waals surface area contributed by atoms with E-state index in [9.17, 15) is 0 Å². The smallest absolute Gasteiger partial charge is 0.138 e. The van der Waals surface area contributed by atoms with E-state index in [1.54, 1.807) is 7.11 Å². The standard InChI is InChI=1S/C21H24N2O2/c1-14-5-7-17(8-6-14)21(18-9-11-19(24-4)12-10-18)22-13-20-15(2)23-25-16(20)3/h5-12,21-22H,13H2,1-4H3/t21-/m1/s1. The first kappa shape index (κ1) is 17.2. The molecule has 3 aromatic rings. The average molecular weight is 336 g/mol. The number of ether oxygens (including phenoxy) is 1. The van der Waals surface area contributed by atoms with Gasteiger partial charge in [-0.15, -0.1) is 0 Å². The topological polar surface area (TPSA) is 47.3 Å². The summed E-state index contributed by atoms with van der Waals surface area (Å²) in [6.45, 7) is 6.72. The van der Waals surface area contributed by atoms with Gasteiger partial charge in [0.05, 0.1) is 18.8 Å². The highest BCUT2D eigenvalue weighted by Gasteiger charge is 2.16. The van der Waals surface area contributed by atoms with E-state index >= 15 is 0 Å². The molecule has 1 heterocycles. The summed E-state index contributed by atoms with van der Waals surface area (Å²) in [5.74, 6) is 1.72. The number of benzene rings is 2. The average Bonchev–Trinajstić information content (AvgIpc) is 2.95. The van der Waals surface area contributed by atoms with Crippen molar-refractivity contribution in [3.8, 4) is 5.75 Å². The van der Waals surface area contributed by atoms with Gasteiger partial charge >= 0.3 is 0 Å². The molecule has 0 amide bonds. The van der Waals surface area contributed by atoms with Crippen molar-refractivity contribution in [3.63, 3.8) is 0 Å². The number of hydrogen-bond acceptors (Lipinski definition) is 4. The lowest BCUT2D eigenvalue weighted by Gasteiger charge is -2.20. The van der Waals surface area contributed by atoms with E-state index in [4.69, 9.17) is 9.26 Å². The quantitative estimate of drug-likeness (QED) is 0.720. The fraction of sp³-hybridized carbons (Fsp3) is 0.286. The second-order valence-electron chi connectivity index (χ2n) is 6.30. The van der Waals surface area contributed by atoms with Gasteiger partial charge in [0.2, 0.25) is 0 Å². The minimum atomic E-state index is 0.0835. The van der Waals surface area contributed by atoms with Crippen LogP contribution in [0.4, 0.5) is 0 Å². The minimum Gasteiger partial charge on any atom is -0.497 e. The third-order valence-electron chi connectivity index (χ3n) is 4.52. The van der Waals surface area contributed by atoms with Crippen LogP contribution >= 0.6 is 0 Å². The largest absolute Gasteiger partial charge is 0.497 e. The molecule has 0 radical (unpaired) electrons. The molecular formula is C21H24N2O2. The summed E-state index contributed by atoms with van der Waals surface area (Å²) in [4.78, 5) is 0. The van der Waals surface area contributed by atoms with Gasteiger partial charge in [0.1, 0.15) is 11.5 Å². The number of nitrogens with one attached hydrogen (secondary N) is 1. The summed E-state index contributed by atoms with van der Waals surface area (Å²) >= 11 is 0. The molecule has 25 heavy (non-hydrogen) atoms. The molecule has 2 aromatic carbocycles. The van der Waals surface area contributed by atoms with E-state index in [1.165, 1.54) is 16.7 Å². The van der Waals surface area contributed by atoms with E-state index in [0.717, 1.165) is 22.8 Å². The lowest BCUT2D eigenvalue weighted by molar-refractivity contribution is 0.391. The van der Waals surface area contributed by atoms with E-state index in [-0.39, 0.29) is 6.04 Å². The summed E-state index contributed by atoms with van der Waals surface area (Å²) < 4.78 is 10.6. The van der Waals surface area contributed by atoms with Gasteiger partial charge in [0.15, 0.2) is 0 Å². The zero-order valence-corrected chi connectivity index (χ0v) is 15.2. The maximum Gasteiger partial charge on any atom is 0.138 e. The molecule has 4 heteroatoms. The second kappa shape index (κ2) is 7.53. The summed E-state index contributed by atoms with van der Waals surface area (Å²) in [6, 6.07) is 16.9. The minimum absolute atomic E-state index is 0.0835. The second-order valence-corrected chi connectivity index (χ2v) is 6.30. The Labute approximate surface area is 148 Å². The van der Waals surface area contributed by atoms with Crippen LogP contribution in [0.1, 0.15) is 39.7 Å². The Bertz CT molecular complexity index is 801. The van der Waals surface area contributed by atoms with Crippen molar-refractivity contribution in [2.75, 3.05) is 7.11 Å². The lowest BCUT2D eigenvalue weighted by Crippen LogP contribution is -2.22. The summed E-state index contributed by atoms with van der Waals surface area (Å²) in [7, 11) is 1.68. The van der Waals surface area contributed by atoms with E-state index in [1.807, 2.05) is 26.0 Å². The van der Waals surface area contributed by atoms with E-state index < -0.39 is 0 Å². The molecule has 0 aliphatic heterocycles. The molecule has 0 saturated heterocycles. The normalized spacial score (nSPS) is 12.2. The maximum atomic E-state index is 5.28. The molecule has 3 rings (SSSR count). The Morgan fingerprint density at radius 3 is 2.08 bits per heavy atom. The Kier molecular flexibility index (Phi) is 5.19. The predicted octanol–water partition coefficient (Wildman–Crippen LogP) is 4.49. The summed E-state index contributed by atoms with van der Waals surface area (Å²) in [5, 5.41) is 7.69. The highest BCUT2D eigenvalue weighted by atomic mass is 16.5. The third-order valence-corrected chi connectivity index (χ3v) is 4.52. The highest BCUT2D eigenvalue weighted by molar-refractivity contribution is 5.36. The highest BCUT2D eigenvalue weighted by Crippen LogP contribution is 2.25. The first-order valence-electron chi connectivity index (χ1n) is 8.44. The first-order chi connectivity index (χ1) is 12.1. The van der Waals surface area contributed by atoms with Crippen LogP contribution in [-0.4, -0.2) is 12.3 Å². The van der Waals surface area contributed by atoms with Crippen molar-refractivity contribution in [1.82, 2.24) is 10.5 Å². The molecule has 130 valence electrons. The number of aryl methyl sites for hydroxylation is 3. The first-order valence-corrected chi connectivity index (χ1v) is 8.44. The van der Waals surface area contributed by atoms with Crippen LogP contribution in [0.5, 0.6) is 5.75 Å². The molecule has 1 aromatic heterocycles. The van der Waals surface area contributed by atoms with Crippen LogP contribution in [0.25, 0.3) is 0 Å². The summed E-state index contributed by atoms with van der Waals surface area (Å²) in [5.41, 5.74) is 5.72. The third kappa shape index (κ3) is 3.91. The predicted molar refractivity (Wildman–Crippen MR) is 98.8 cm³/mol. The van der Waals surface area contributed by atoms with Crippen LogP contribution in [-0.2, 0) is 6.54 Å². The number of aromatic nitrogens is 1. The molecule has 0 aliphatic carbocycles. The van der Waals surface area contributed by atoms with Crippen molar-refractivity contribution < 1.29 is 9.26 Å². The molecule has 0 spiro atoms. The fourth-order valence-electron chi connectivity index (χ4n) is 2.94. The van der Waals surface area contributed by atoms with Crippen LogP contribution in [0, 0.1) is 20.8 Å². The van der Waals surface area contributed by atoms with Gasteiger partial charge in [0.25, 0.3) is 0 Å². The van der Waals surface area contributed by atoms with E-state index in [0.29, 0.717) is 6.54 Å². The molecular weight excluding hydrogens is 312 g/mol. The molecule has 0 saturated carbocycles. The van der Waals surface area contributed by atoms with Gasteiger partial charge in [0, 0.05) is 12.1 Å². The SMILES string of the molecule is COc1ccc([C@H](NCc2c(C)noc2C)c2ccc(C)cc2)cc1. The number of hydrogen-bond donors (Lipinski definition) is 1. The van der Waals surface area contributed by atoms with E-state index in [2.05, 4.69) is 53.8 Å². The molecule has 0 aliphatic rings. The number of methoxy groups -OCH3 is 1. The van der Waals surface area contributed by atoms with Crippen molar-refractivity contribution in [2.45, 2.75) is 33.4 Å². The zero-order valence-electron chi connectivity index (χ0n) is 15.2. The van der Waals surface area contributed by atoms with Crippen molar-refractivity contribution in [2.24, 2.45) is 0 Å². The van der Waals surface area contributed by atoms with Gasteiger partial charge in [-0.05, 0) is 44.0 Å².